The van der Waals surface area contributed by atoms with Crippen molar-refractivity contribution in [3.05, 3.63) is 118 Å². The predicted molar refractivity (Wildman–Crippen MR) is 120 cm³/mol. The van der Waals surface area contributed by atoms with E-state index in [9.17, 15) is 4.79 Å². The number of rotatable bonds is 1. The maximum atomic E-state index is 12.3. The summed E-state index contributed by atoms with van der Waals surface area (Å²) in [7, 11) is 0. The quantitative estimate of drug-likeness (QED) is 0.381. The van der Waals surface area contributed by atoms with E-state index in [1.807, 2.05) is 0 Å². The van der Waals surface area contributed by atoms with Crippen molar-refractivity contribution in [2.24, 2.45) is 0 Å². The Hall–Kier alpha value is -3.13. The standard InChI is InChI=1S/C29H24O2/c1-18(30)31-26-15-17-28-24-12-6-3-9-21(24)27(22-10-4-7-13-25(22)28)20-14-16-29(26,28)23-11-5-2-8-19(20)23/h2-14,16,20,26-27H,15,17H2,1H3/t20-,26-,27?,28?,29+/m1/s1. The van der Waals surface area contributed by atoms with E-state index in [0.717, 1.165) is 12.8 Å². The van der Waals surface area contributed by atoms with Crippen LogP contribution >= 0.6 is 0 Å². The van der Waals surface area contributed by atoms with Crippen LogP contribution < -0.4 is 0 Å². The first-order valence-electron chi connectivity index (χ1n) is 11.3. The second-order valence-corrected chi connectivity index (χ2v) is 9.54. The van der Waals surface area contributed by atoms with Crippen molar-refractivity contribution in [2.45, 2.75) is 48.5 Å². The number of carbonyl (C=O) groups is 1. The molecule has 1 saturated carbocycles. The van der Waals surface area contributed by atoms with E-state index in [1.54, 1.807) is 6.92 Å². The number of esters is 1. The molecule has 0 saturated heterocycles. The summed E-state index contributed by atoms with van der Waals surface area (Å²) in [6, 6.07) is 27.0. The zero-order chi connectivity index (χ0) is 20.8. The lowest BCUT2D eigenvalue weighted by atomic mass is 9.45. The minimum atomic E-state index is -0.399. The molecule has 4 bridgehead atoms. The number of benzene rings is 3. The fraction of sp³-hybridized carbons (Fsp3) is 0.276. The average molecular weight is 405 g/mol. The van der Waals surface area contributed by atoms with Crippen molar-refractivity contribution >= 4 is 5.97 Å². The molecule has 5 aliphatic carbocycles. The minimum absolute atomic E-state index is 0.181. The SMILES string of the molecule is CC(=O)O[C@@H]1CCC23c4ccccc4C(c4ccccc42)[C@@H]2C=C[C@]13c1ccccc12. The second-order valence-electron chi connectivity index (χ2n) is 9.54. The molecule has 0 radical (unpaired) electrons. The van der Waals surface area contributed by atoms with Gasteiger partial charge in [-0.15, -0.1) is 0 Å². The molecule has 8 rings (SSSR count). The fourth-order valence-corrected chi connectivity index (χ4v) is 7.69. The molecule has 2 nitrogen and oxygen atoms in total. The number of hydrogen-bond acceptors (Lipinski definition) is 2. The van der Waals surface area contributed by atoms with Crippen molar-refractivity contribution in [1.29, 1.82) is 0 Å². The Morgan fingerprint density at radius 3 is 2.06 bits per heavy atom. The number of hydrogen-bond donors (Lipinski definition) is 0. The zero-order valence-electron chi connectivity index (χ0n) is 17.5. The smallest absolute Gasteiger partial charge is 0.302 e. The van der Waals surface area contributed by atoms with Crippen LogP contribution in [0.2, 0.25) is 0 Å². The van der Waals surface area contributed by atoms with Crippen LogP contribution in [0.5, 0.6) is 0 Å². The first kappa shape index (κ1) is 17.5. The molecule has 2 spiro atoms. The molecular weight excluding hydrogens is 380 g/mol. The Bertz CT molecular complexity index is 1240. The van der Waals surface area contributed by atoms with Crippen molar-refractivity contribution in [2.75, 3.05) is 0 Å². The van der Waals surface area contributed by atoms with Gasteiger partial charge < -0.3 is 4.74 Å². The third kappa shape index (κ3) is 1.85. The summed E-state index contributed by atoms with van der Waals surface area (Å²) in [6.07, 6.45) is 6.50. The number of carbonyl (C=O) groups excluding carboxylic acids is 1. The van der Waals surface area contributed by atoms with Crippen LogP contribution in [0.4, 0.5) is 0 Å². The van der Waals surface area contributed by atoms with Crippen molar-refractivity contribution in [3.8, 4) is 0 Å². The van der Waals surface area contributed by atoms with Gasteiger partial charge in [-0.25, -0.2) is 0 Å². The van der Waals surface area contributed by atoms with E-state index < -0.39 is 5.41 Å². The summed E-state index contributed by atoms with van der Waals surface area (Å²) >= 11 is 0. The Morgan fingerprint density at radius 2 is 1.42 bits per heavy atom. The van der Waals surface area contributed by atoms with E-state index in [4.69, 9.17) is 4.74 Å². The van der Waals surface area contributed by atoms with Gasteiger partial charge in [0.2, 0.25) is 0 Å². The highest BCUT2D eigenvalue weighted by Gasteiger charge is 2.68. The van der Waals surface area contributed by atoms with E-state index in [-0.39, 0.29) is 23.4 Å². The van der Waals surface area contributed by atoms with Crippen LogP contribution in [-0.2, 0) is 20.4 Å². The van der Waals surface area contributed by atoms with Gasteiger partial charge in [0, 0.05) is 24.2 Å². The number of allylic oxidation sites excluding steroid dienone is 1. The molecule has 0 N–H and O–H groups in total. The molecule has 3 atom stereocenters. The van der Waals surface area contributed by atoms with Crippen LogP contribution in [-0.4, -0.2) is 12.1 Å². The molecule has 3 aromatic rings. The maximum Gasteiger partial charge on any atom is 0.302 e. The Morgan fingerprint density at radius 1 is 0.839 bits per heavy atom. The monoisotopic (exact) mass is 404 g/mol. The lowest BCUT2D eigenvalue weighted by molar-refractivity contribution is -0.148. The van der Waals surface area contributed by atoms with Crippen LogP contribution in [0.1, 0.15) is 65.0 Å². The van der Waals surface area contributed by atoms with Crippen LogP contribution in [0, 0.1) is 0 Å². The fourth-order valence-electron chi connectivity index (χ4n) is 7.69. The first-order valence-corrected chi connectivity index (χ1v) is 11.3. The van der Waals surface area contributed by atoms with E-state index in [2.05, 4.69) is 84.9 Å². The van der Waals surface area contributed by atoms with Crippen molar-refractivity contribution in [3.63, 3.8) is 0 Å². The highest BCUT2D eigenvalue weighted by Crippen LogP contribution is 2.70. The highest BCUT2D eigenvalue weighted by atomic mass is 16.5. The normalized spacial score (nSPS) is 33.0. The Kier molecular flexibility index (Phi) is 3.26. The van der Waals surface area contributed by atoms with Gasteiger partial charge in [-0.3, -0.25) is 4.79 Å². The van der Waals surface area contributed by atoms with Gasteiger partial charge >= 0.3 is 5.97 Å². The molecule has 0 heterocycles. The van der Waals surface area contributed by atoms with Crippen LogP contribution in [0.25, 0.3) is 0 Å². The molecule has 1 fully saturated rings. The van der Waals surface area contributed by atoms with Crippen LogP contribution in [0.3, 0.4) is 0 Å². The molecular formula is C29H24O2. The molecule has 0 amide bonds. The summed E-state index contributed by atoms with van der Waals surface area (Å²) in [6.45, 7) is 1.55. The van der Waals surface area contributed by atoms with Gasteiger partial charge in [-0.05, 0) is 46.2 Å². The zero-order valence-corrected chi connectivity index (χ0v) is 17.5. The number of ether oxygens (including phenoxy) is 1. The summed E-state index contributed by atoms with van der Waals surface area (Å²) < 4.78 is 6.14. The molecule has 3 aromatic carbocycles. The van der Waals surface area contributed by atoms with E-state index in [1.165, 1.54) is 33.4 Å². The van der Waals surface area contributed by atoms with Gasteiger partial charge in [-0.2, -0.15) is 0 Å². The summed E-state index contributed by atoms with van der Waals surface area (Å²) in [4.78, 5) is 12.3. The summed E-state index contributed by atoms with van der Waals surface area (Å²) in [5, 5.41) is 0. The van der Waals surface area contributed by atoms with E-state index >= 15 is 0 Å². The largest absolute Gasteiger partial charge is 0.461 e. The molecule has 5 aliphatic rings. The molecule has 31 heavy (non-hydrogen) atoms. The minimum Gasteiger partial charge on any atom is -0.461 e. The summed E-state index contributed by atoms with van der Waals surface area (Å²) in [5.41, 5.74) is 7.84. The van der Waals surface area contributed by atoms with Gasteiger partial charge in [0.15, 0.2) is 0 Å². The topological polar surface area (TPSA) is 26.3 Å². The van der Waals surface area contributed by atoms with Gasteiger partial charge in [0.25, 0.3) is 0 Å². The molecule has 152 valence electrons. The van der Waals surface area contributed by atoms with Crippen LogP contribution in [0.15, 0.2) is 84.9 Å². The average Bonchev–Trinajstić information content (AvgIpc) is 3.06. The maximum absolute atomic E-state index is 12.3. The predicted octanol–water partition coefficient (Wildman–Crippen LogP) is 5.75. The molecule has 0 unspecified atom stereocenters. The van der Waals surface area contributed by atoms with E-state index in [0.29, 0.717) is 5.92 Å². The van der Waals surface area contributed by atoms with Gasteiger partial charge in [-0.1, -0.05) is 84.9 Å². The molecule has 2 heteroatoms. The second kappa shape index (κ2) is 5.76. The third-order valence-electron chi connectivity index (χ3n) is 8.51. The molecule has 0 aliphatic heterocycles. The highest BCUT2D eigenvalue weighted by molar-refractivity contribution is 5.72. The van der Waals surface area contributed by atoms with Crippen molar-refractivity contribution in [1.82, 2.24) is 0 Å². The lowest BCUT2D eigenvalue weighted by Crippen LogP contribution is -2.56. The molecule has 0 aromatic heterocycles. The van der Waals surface area contributed by atoms with Gasteiger partial charge in [0.1, 0.15) is 6.10 Å². The summed E-state index contributed by atoms with van der Waals surface area (Å²) in [5.74, 6) is 0.393. The van der Waals surface area contributed by atoms with Crippen molar-refractivity contribution < 1.29 is 9.53 Å². The Labute approximate surface area is 182 Å². The first-order chi connectivity index (χ1) is 15.2. The third-order valence-corrected chi connectivity index (χ3v) is 8.51. The Balaban J connectivity index is 1.69. The lowest BCUT2D eigenvalue weighted by Gasteiger charge is -2.58. The van der Waals surface area contributed by atoms with Gasteiger partial charge in [0.05, 0.1) is 5.41 Å².